The summed E-state index contributed by atoms with van der Waals surface area (Å²) in [4.78, 5) is 49.3. The van der Waals surface area contributed by atoms with E-state index in [1.165, 1.54) is 27.7 Å². The minimum atomic E-state index is -0.486. The van der Waals surface area contributed by atoms with Gasteiger partial charge in [-0.1, -0.05) is 73.4 Å². The second-order valence-electron chi connectivity index (χ2n) is 15.4. The van der Waals surface area contributed by atoms with Crippen molar-refractivity contribution in [2.24, 2.45) is 10.8 Å². The highest BCUT2D eigenvalue weighted by atomic mass is 35.5. The monoisotopic (exact) mass is 766 g/mol. The lowest BCUT2D eigenvalue weighted by molar-refractivity contribution is -0.151. The SMILES string of the molecule is CC(=O)Oc1ccc2c3c(ccc2c1-c1c(OC(C)=O)ccc2c4c(ccc12)C1=C(Cl)C[C@H](OC(C)=O)[C@@]1(C)CC4)C1=C(Cl)C[C@H](OC(C)=O)[C@@]1(C)CC3. The van der Waals surface area contributed by atoms with Gasteiger partial charge in [0.05, 0.1) is 0 Å². The Morgan fingerprint density at radius 1 is 0.556 bits per heavy atom. The van der Waals surface area contributed by atoms with Gasteiger partial charge in [0.2, 0.25) is 0 Å². The Morgan fingerprint density at radius 2 is 0.926 bits per heavy atom. The van der Waals surface area contributed by atoms with Gasteiger partial charge in [0.15, 0.2) is 0 Å². The van der Waals surface area contributed by atoms with Crippen molar-refractivity contribution in [2.75, 3.05) is 0 Å². The molecule has 0 aliphatic heterocycles. The number of halogens is 2. The van der Waals surface area contributed by atoms with Crippen LogP contribution in [-0.4, -0.2) is 36.1 Å². The lowest BCUT2D eigenvalue weighted by Crippen LogP contribution is -2.35. The van der Waals surface area contributed by atoms with Crippen molar-refractivity contribution in [3.8, 4) is 22.6 Å². The molecule has 0 unspecified atom stereocenters. The van der Waals surface area contributed by atoms with Crippen LogP contribution in [0.1, 0.15) is 89.5 Å². The Balaban J connectivity index is 1.37. The fourth-order valence-corrected chi connectivity index (χ4v) is 10.7. The van der Waals surface area contributed by atoms with Crippen molar-refractivity contribution >= 4 is 79.8 Å². The first-order chi connectivity index (χ1) is 25.6. The van der Waals surface area contributed by atoms with Gasteiger partial charge >= 0.3 is 23.9 Å². The molecule has 4 aliphatic rings. The van der Waals surface area contributed by atoms with Crippen LogP contribution in [0.3, 0.4) is 0 Å². The van der Waals surface area contributed by atoms with Crippen LogP contribution >= 0.6 is 23.2 Å². The number of esters is 4. The smallest absolute Gasteiger partial charge is 0.308 e. The predicted molar refractivity (Wildman–Crippen MR) is 208 cm³/mol. The zero-order chi connectivity index (χ0) is 38.4. The first-order valence-electron chi connectivity index (χ1n) is 18.3. The highest BCUT2D eigenvalue weighted by molar-refractivity contribution is 6.34. The Labute approximate surface area is 323 Å². The third kappa shape index (κ3) is 5.55. The van der Waals surface area contributed by atoms with E-state index in [1.54, 1.807) is 12.1 Å². The van der Waals surface area contributed by atoms with Crippen LogP contribution in [0.4, 0.5) is 0 Å². The molecule has 0 aromatic heterocycles. The van der Waals surface area contributed by atoms with Crippen molar-refractivity contribution < 1.29 is 38.1 Å². The van der Waals surface area contributed by atoms with Gasteiger partial charge in [-0.05, 0) is 92.8 Å². The maximum Gasteiger partial charge on any atom is 0.308 e. The zero-order valence-corrected chi connectivity index (χ0v) is 32.5. The average molecular weight is 768 g/mol. The Kier molecular flexibility index (Phi) is 8.73. The maximum atomic E-state index is 12.6. The summed E-state index contributed by atoms with van der Waals surface area (Å²) in [7, 11) is 0. The number of hydrogen-bond donors (Lipinski definition) is 0. The molecule has 54 heavy (non-hydrogen) atoms. The molecule has 0 saturated carbocycles. The van der Waals surface area contributed by atoms with E-state index in [9.17, 15) is 19.2 Å². The van der Waals surface area contributed by atoms with Gasteiger partial charge in [0.1, 0.15) is 23.7 Å². The summed E-state index contributed by atoms with van der Waals surface area (Å²) in [6.07, 6.45) is 3.05. The summed E-state index contributed by atoms with van der Waals surface area (Å²) >= 11 is 13.9. The Morgan fingerprint density at radius 3 is 1.28 bits per heavy atom. The molecule has 8 nitrogen and oxygen atoms in total. The number of hydrogen-bond acceptors (Lipinski definition) is 8. The van der Waals surface area contributed by atoms with E-state index in [4.69, 9.17) is 42.1 Å². The van der Waals surface area contributed by atoms with E-state index >= 15 is 0 Å². The number of fused-ring (bicyclic) bond motifs is 10. The van der Waals surface area contributed by atoms with Crippen LogP contribution in [0.25, 0.3) is 43.8 Å². The van der Waals surface area contributed by atoms with Gasteiger partial charge in [0, 0.05) is 72.6 Å². The number of benzene rings is 4. The van der Waals surface area contributed by atoms with Gasteiger partial charge in [-0.25, -0.2) is 0 Å². The standard InChI is InChI=1S/C44H40Cl2O8/c1-21(47)51-35-13-11-25-27-15-17-43(5)37(53-23(3)49)19-33(45)41(43)31(27)9-7-29(25)39(35)40-30-8-10-32-28(26(30)12-14-36(40)52-22(2)48)16-18-44(6)38(54-24(4)50)20-34(46)42(32)44/h7-14,37-38H,15-20H2,1-6H3/t37-,38-,43+,44+/m0/s1. The van der Waals surface area contributed by atoms with E-state index in [1.807, 2.05) is 24.3 Å². The highest BCUT2D eigenvalue weighted by Gasteiger charge is 2.51. The third-order valence-electron chi connectivity index (χ3n) is 12.1. The average Bonchev–Trinajstić information content (AvgIpc) is 3.49. The Bertz CT molecular complexity index is 2270. The van der Waals surface area contributed by atoms with Gasteiger partial charge in [-0.2, -0.15) is 0 Å². The lowest BCUT2D eigenvalue weighted by atomic mass is 9.67. The van der Waals surface area contributed by atoms with Gasteiger partial charge in [0.25, 0.3) is 0 Å². The Hall–Kier alpha value is -4.66. The molecule has 4 aromatic rings. The van der Waals surface area contributed by atoms with E-state index in [2.05, 4.69) is 26.0 Å². The van der Waals surface area contributed by atoms with Crippen LogP contribution in [0.2, 0.25) is 0 Å². The molecule has 0 N–H and O–H groups in total. The van der Waals surface area contributed by atoms with Crippen LogP contribution < -0.4 is 9.47 Å². The van der Waals surface area contributed by atoms with Crippen LogP contribution in [0.5, 0.6) is 11.5 Å². The van der Waals surface area contributed by atoms with E-state index in [0.717, 1.165) is 67.8 Å². The van der Waals surface area contributed by atoms with Gasteiger partial charge in [-0.3, -0.25) is 19.2 Å². The van der Waals surface area contributed by atoms with Crippen molar-refractivity contribution in [1.29, 1.82) is 0 Å². The molecule has 0 bridgehead atoms. The van der Waals surface area contributed by atoms with Crippen molar-refractivity contribution in [1.82, 2.24) is 0 Å². The molecule has 278 valence electrons. The second kappa shape index (κ2) is 13.0. The van der Waals surface area contributed by atoms with E-state index in [0.29, 0.717) is 58.4 Å². The molecule has 10 heteroatoms. The summed E-state index contributed by atoms with van der Waals surface area (Å²) in [6.45, 7) is 9.80. The summed E-state index contributed by atoms with van der Waals surface area (Å²) in [6, 6.07) is 15.7. The van der Waals surface area contributed by atoms with E-state index < -0.39 is 22.8 Å². The van der Waals surface area contributed by atoms with Crippen molar-refractivity contribution in [2.45, 2.75) is 92.3 Å². The number of carbonyl (C=O) groups excluding carboxylic acids is 4. The number of aryl methyl sites for hydroxylation is 2. The summed E-state index contributed by atoms with van der Waals surface area (Å²) in [5, 5.41) is 4.91. The van der Waals surface area contributed by atoms with Gasteiger partial charge < -0.3 is 18.9 Å². The fourth-order valence-electron chi connectivity index (χ4n) is 9.81. The minimum Gasteiger partial charge on any atom is -0.461 e. The number of carbonyl (C=O) groups is 4. The summed E-state index contributed by atoms with van der Waals surface area (Å²) in [5.41, 5.74) is 6.55. The first-order valence-corrected chi connectivity index (χ1v) is 19.1. The topological polar surface area (TPSA) is 105 Å². The molecule has 8 rings (SSSR count). The van der Waals surface area contributed by atoms with Gasteiger partial charge in [-0.15, -0.1) is 0 Å². The van der Waals surface area contributed by atoms with Crippen molar-refractivity contribution in [3.63, 3.8) is 0 Å². The fraction of sp³-hybridized carbons (Fsp3) is 0.364. The van der Waals surface area contributed by atoms with Crippen LogP contribution in [0.15, 0.2) is 58.6 Å². The molecule has 0 radical (unpaired) electrons. The second-order valence-corrected chi connectivity index (χ2v) is 16.3. The molecule has 4 aliphatic carbocycles. The number of ether oxygens (including phenoxy) is 4. The molecule has 0 heterocycles. The minimum absolute atomic E-state index is 0.331. The molecule has 0 saturated heterocycles. The molecule has 4 atom stereocenters. The third-order valence-corrected chi connectivity index (χ3v) is 12.8. The molecule has 0 spiro atoms. The normalized spacial score (nSPS) is 24.1. The van der Waals surface area contributed by atoms with Crippen molar-refractivity contribution in [3.05, 3.63) is 80.8 Å². The lowest BCUT2D eigenvalue weighted by Gasteiger charge is -2.39. The number of rotatable bonds is 5. The summed E-state index contributed by atoms with van der Waals surface area (Å²) in [5.74, 6) is -0.968. The van der Waals surface area contributed by atoms with E-state index in [-0.39, 0.29) is 24.1 Å². The maximum absolute atomic E-state index is 12.6. The predicted octanol–water partition coefficient (Wildman–Crippen LogP) is 9.99. The van der Waals surface area contributed by atoms with Crippen LogP contribution in [0, 0.1) is 10.8 Å². The first kappa shape index (κ1) is 36.3. The molecule has 0 fully saturated rings. The zero-order valence-electron chi connectivity index (χ0n) is 31.0. The molecular formula is C44H40Cl2O8. The molecule has 0 amide bonds. The van der Waals surface area contributed by atoms with Crippen LogP contribution in [-0.2, 0) is 41.5 Å². The summed E-state index contributed by atoms with van der Waals surface area (Å²) < 4.78 is 23.4. The molecular weight excluding hydrogens is 727 g/mol. The quantitative estimate of drug-likeness (QED) is 0.146. The highest BCUT2D eigenvalue weighted by Crippen LogP contribution is 2.60. The largest absolute Gasteiger partial charge is 0.461 e. The molecule has 4 aromatic carbocycles.